The third kappa shape index (κ3) is 3.07. The van der Waals surface area contributed by atoms with Gasteiger partial charge in [0.25, 0.3) is 0 Å². The largest absolute Gasteiger partial charge is 0.396 e. The molecule has 0 spiro atoms. The predicted molar refractivity (Wildman–Crippen MR) is 97.4 cm³/mol. The first-order valence-corrected chi connectivity index (χ1v) is 8.88. The van der Waals surface area contributed by atoms with Gasteiger partial charge in [0, 0.05) is 64.8 Å². The molecule has 6 heteroatoms. The topological polar surface area (TPSA) is 59.1 Å². The van der Waals surface area contributed by atoms with Crippen molar-refractivity contribution in [2.24, 2.45) is 20.0 Å². The number of aromatic nitrogens is 4. The number of para-hydroxylation sites is 2. The standard InChI is InChI=1S/C19H25N5O/c1-22-10-14(9-20-22)16-12-24(11-15(16)13-25)8-7-19-21-17-5-3-4-6-18(17)23(19)2/h3-6,9-10,15-16,25H,7-8,11-13H2,1-2H3/t15-,16-/m0/s1. The van der Waals surface area contributed by atoms with Gasteiger partial charge in [-0.3, -0.25) is 4.68 Å². The third-order valence-corrected chi connectivity index (χ3v) is 5.44. The molecule has 0 amide bonds. The van der Waals surface area contributed by atoms with Crippen molar-refractivity contribution in [1.29, 1.82) is 0 Å². The second-order valence-electron chi connectivity index (χ2n) is 7.08. The lowest BCUT2D eigenvalue weighted by molar-refractivity contribution is 0.215. The van der Waals surface area contributed by atoms with Gasteiger partial charge in [-0.2, -0.15) is 5.10 Å². The number of benzene rings is 1. The molecule has 1 fully saturated rings. The van der Waals surface area contributed by atoms with Crippen LogP contribution in [0.3, 0.4) is 0 Å². The van der Waals surface area contributed by atoms with Gasteiger partial charge < -0.3 is 14.6 Å². The summed E-state index contributed by atoms with van der Waals surface area (Å²) >= 11 is 0. The Hall–Kier alpha value is -2.18. The van der Waals surface area contributed by atoms with E-state index in [1.807, 2.05) is 24.0 Å². The van der Waals surface area contributed by atoms with Crippen LogP contribution < -0.4 is 0 Å². The number of aryl methyl sites for hydroxylation is 2. The molecular weight excluding hydrogens is 314 g/mol. The molecule has 1 aromatic carbocycles. The van der Waals surface area contributed by atoms with Crippen LogP contribution in [-0.4, -0.2) is 55.6 Å². The van der Waals surface area contributed by atoms with Gasteiger partial charge in [0.2, 0.25) is 0 Å². The number of nitrogens with zero attached hydrogens (tertiary/aromatic N) is 5. The fraction of sp³-hybridized carbons (Fsp3) is 0.474. The van der Waals surface area contributed by atoms with Gasteiger partial charge in [-0.05, 0) is 17.7 Å². The lowest BCUT2D eigenvalue weighted by atomic mass is 9.92. The third-order valence-electron chi connectivity index (χ3n) is 5.44. The number of hydrogen-bond donors (Lipinski definition) is 1. The molecule has 4 rings (SSSR count). The normalized spacial score (nSPS) is 21.4. The molecule has 0 aliphatic carbocycles. The minimum atomic E-state index is 0.225. The Morgan fingerprint density at radius 1 is 1.20 bits per heavy atom. The van der Waals surface area contributed by atoms with Crippen LogP contribution in [0.2, 0.25) is 0 Å². The molecule has 25 heavy (non-hydrogen) atoms. The predicted octanol–water partition coefficient (Wildman–Crippen LogP) is 1.56. The molecule has 1 aliphatic heterocycles. The van der Waals surface area contributed by atoms with Crippen LogP contribution in [0.25, 0.3) is 11.0 Å². The Bertz CT molecular complexity index is 868. The average Bonchev–Trinajstić information content (AvgIpc) is 3.31. The second kappa shape index (κ2) is 6.61. The average molecular weight is 339 g/mol. The Morgan fingerprint density at radius 3 is 2.76 bits per heavy atom. The summed E-state index contributed by atoms with van der Waals surface area (Å²) in [5, 5.41) is 14.1. The zero-order chi connectivity index (χ0) is 17.4. The summed E-state index contributed by atoms with van der Waals surface area (Å²) in [4.78, 5) is 7.21. The highest BCUT2D eigenvalue weighted by Crippen LogP contribution is 2.32. The molecule has 1 N–H and O–H groups in total. The van der Waals surface area contributed by atoms with Crippen LogP contribution in [0.1, 0.15) is 17.3 Å². The molecule has 0 unspecified atom stereocenters. The van der Waals surface area contributed by atoms with E-state index < -0.39 is 0 Å². The van der Waals surface area contributed by atoms with Crippen molar-refractivity contribution in [3.8, 4) is 0 Å². The highest BCUT2D eigenvalue weighted by Gasteiger charge is 2.33. The van der Waals surface area contributed by atoms with Gasteiger partial charge in [-0.15, -0.1) is 0 Å². The molecule has 1 saturated heterocycles. The van der Waals surface area contributed by atoms with Crippen molar-refractivity contribution >= 4 is 11.0 Å². The van der Waals surface area contributed by atoms with Crippen molar-refractivity contribution in [3.63, 3.8) is 0 Å². The second-order valence-corrected chi connectivity index (χ2v) is 7.08. The van der Waals surface area contributed by atoms with Gasteiger partial charge in [-0.1, -0.05) is 12.1 Å². The molecule has 3 heterocycles. The van der Waals surface area contributed by atoms with E-state index >= 15 is 0 Å². The van der Waals surface area contributed by atoms with E-state index in [9.17, 15) is 5.11 Å². The summed E-state index contributed by atoms with van der Waals surface area (Å²) in [5.74, 6) is 1.76. The van der Waals surface area contributed by atoms with E-state index in [-0.39, 0.29) is 12.5 Å². The maximum absolute atomic E-state index is 9.78. The van der Waals surface area contributed by atoms with Crippen LogP contribution in [0.15, 0.2) is 36.7 Å². The molecule has 1 aliphatic rings. The maximum Gasteiger partial charge on any atom is 0.110 e. The van der Waals surface area contributed by atoms with Gasteiger partial charge in [-0.25, -0.2) is 4.98 Å². The summed E-state index contributed by atoms with van der Waals surface area (Å²) in [6, 6.07) is 8.26. The number of fused-ring (bicyclic) bond motifs is 1. The number of aliphatic hydroxyl groups is 1. The Morgan fingerprint density at radius 2 is 2.04 bits per heavy atom. The van der Waals surface area contributed by atoms with Crippen LogP contribution in [-0.2, 0) is 20.5 Å². The first-order chi connectivity index (χ1) is 12.2. The summed E-state index contributed by atoms with van der Waals surface area (Å²) in [6.45, 7) is 3.09. The van der Waals surface area contributed by atoms with Crippen molar-refractivity contribution in [3.05, 3.63) is 48.0 Å². The van der Waals surface area contributed by atoms with Crippen LogP contribution in [0, 0.1) is 5.92 Å². The van der Waals surface area contributed by atoms with Crippen molar-refractivity contribution in [1.82, 2.24) is 24.2 Å². The summed E-state index contributed by atoms with van der Waals surface area (Å²) in [6.07, 6.45) is 4.92. The first-order valence-electron chi connectivity index (χ1n) is 8.88. The summed E-state index contributed by atoms with van der Waals surface area (Å²) in [7, 11) is 4.03. The quantitative estimate of drug-likeness (QED) is 0.766. The molecule has 0 bridgehead atoms. The number of hydrogen-bond acceptors (Lipinski definition) is 4. The maximum atomic E-state index is 9.78. The fourth-order valence-corrected chi connectivity index (χ4v) is 4.01. The molecule has 2 aromatic heterocycles. The lowest BCUT2D eigenvalue weighted by Gasteiger charge is -2.15. The molecule has 3 aromatic rings. The number of aliphatic hydroxyl groups excluding tert-OH is 1. The number of rotatable bonds is 5. The van der Waals surface area contributed by atoms with Crippen molar-refractivity contribution in [2.45, 2.75) is 12.3 Å². The zero-order valence-electron chi connectivity index (χ0n) is 14.8. The molecule has 2 atom stereocenters. The van der Waals surface area contributed by atoms with Crippen molar-refractivity contribution in [2.75, 3.05) is 26.2 Å². The Balaban J connectivity index is 1.45. The summed E-state index contributed by atoms with van der Waals surface area (Å²) < 4.78 is 4.03. The van der Waals surface area contributed by atoms with Crippen LogP contribution in [0.4, 0.5) is 0 Å². The van der Waals surface area contributed by atoms with Gasteiger partial charge in [0.15, 0.2) is 0 Å². The van der Waals surface area contributed by atoms with Crippen molar-refractivity contribution < 1.29 is 5.11 Å². The summed E-state index contributed by atoms with van der Waals surface area (Å²) in [5.41, 5.74) is 3.47. The molecule has 6 nitrogen and oxygen atoms in total. The van der Waals surface area contributed by atoms with Crippen LogP contribution in [0.5, 0.6) is 0 Å². The molecule has 132 valence electrons. The number of imidazole rings is 1. The highest BCUT2D eigenvalue weighted by molar-refractivity contribution is 5.75. The van der Waals surface area contributed by atoms with E-state index in [0.29, 0.717) is 5.92 Å². The molecular formula is C19H25N5O. The molecule has 0 radical (unpaired) electrons. The van der Waals surface area contributed by atoms with Gasteiger partial charge in [0.1, 0.15) is 5.82 Å². The Labute approximate surface area is 147 Å². The number of likely N-dealkylation sites (tertiary alicyclic amines) is 1. The van der Waals surface area contributed by atoms with E-state index in [1.165, 1.54) is 11.1 Å². The fourth-order valence-electron chi connectivity index (χ4n) is 4.01. The van der Waals surface area contributed by atoms with E-state index in [1.54, 1.807) is 0 Å². The lowest BCUT2D eigenvalue weighted by Crippen LogP contribution is -2.25. The van der Waals surface area contributed by atoms with E-state index in [2.05, 4.69) is 46.0 Å². The van der Waals surface area contributed by atoms with Crippen LogP contribution >= 0.6 is 0 Å². The van der Waals surface area contributed by atoms with E-state index in [0.717, 1.165) is 37.4 Å². The zero-order valence-corrected chi connectivity index (χ0v) is 14.8. The minimum absolute atomic E-state index is 0.225. The van der Waals surface area contributed by atoms with Gasteiger partial charge >= 0.3 is 0 Å². The van der Waals surface area contributed by atoms with E-state index in [4.69, 9.17) is 4.98 Å². The molecule has 0 saturated carbocycles. The highest BCUT2D eigenvalue weighted by atomic mass is 16.3. The monoisotopic (exact) mass is 339 g/mol. The minimum Gasteiger partial charge on any atom is -0.396 e. The first kappa shape index (κ1) is 16.3. The SMILES string of the molecule is Cn1cc([C@@H]2CN(CCc3nc4ccccc4n3C)C[C@H]2CO)cn1. The smallest absolute Gasteiger partial charge is 0.110 e. The Kier molecular flexibility index (Phi) is 4.31. The van der Waals surface area contributed by atoms with Gasteiger partial charge in [0.05, 0.1) is 17.2 Å².